The summed E-state index contributed by atoms with van der Waals surface area (Å²) in [7, 11) is 0. The Labute approximate surface area is 126 Å². The van der Waals surface area contributed by atoms with Gasteiger partial charge >= 0.3 is 0 Å². The molecule has 1 aromatic heterocycles. The third kappa shape index (κ3) is 3.29. The zero-order valence-electron chi connectivity index (χ0n) is 10.3. The Morgan fingerprint density at radius 3 is 2.89 bits per heavy atom. The van der Waals surface area contributed by atoms with Crippen LogP contribution >= 0.6 is 39.1 Å². The molecular formula is C12H15BrCl2N2O. The number of anilines is 1. The molecule has 6 heteroatoms. The molecule has 0 N–H and O–H groups in total. The molecule has 0 spiro atoms. The standard InChI is InChI=1S/C12H15BrCl2N2O/c1-12(2)7-17(6-9(4-13)18-12)11-10(15)3-8(14)5-16-11/h3,5,9H,4,6-7H2,1-2H3. The average molecular weight is 354 g/mol. The molecule has 1 atom stereocenters. The first kappa shape index (κ1) is 14.4. The molecule has 0 saturated carbocycles. The summed E-state index contributed by atoms with van der Waals surface area (Å²) >= 11 is 15.5. The van der Waals surface area contributed by atoms with Gasteiger partial charge in [0.15, 0.2) is 0 Å². The van der Waals surface area contributed by atoms with Crippen LogP contribution in [-0.2, 0) is 4.74 Å². The minimum Gasteiger partial charge on any atom is -0.368 e. The number of halogens is 3. The minimum absolute atomic E-state index is 0.127. The highest BCUT2D eigenvalue weighted by Gasteiger charge is 2.34. The van der Waals surface area contributed by atoms with Gasteiger partial charge in [-0.1, -0.05) is 39.1 Å². The van der Waals surface area contributed by atoms with Gasteiger partial charge in [0.05, 0.1) is 21.8 Å². The van der Waals surface area contributed by atoms with Crippen molar-refractivity contribution in [3.8, 4) is 0 Å². The van der Waals surface area contributed by atoms with Crippen LogP contribution in [0.25, 0.3) is 0 Å². The smallest absolute Gasteiger partial charge is 0.147 e. The Morgan fingerprint density at radius 1 is 1.56 bits per heavy atom. The van der Waals surface area contributed by atoms with Crippen molar-refractivity contribution in [2.45, 2.75) is 25.6 Å². The van der Waals surface area contributed by atoms with Crippen molar-refractivity contribution < 1.29 is 4.74 Å². The van der Waals surface area contributed by atoms with Crippen molar-refractivity contribution in [3.05, 3.63) is 22.3 Å². The summed E-state index contributed by atoms with van der Waals surface area (Å²) in [6.45, 7) is 5.66. The quantitative estimate of drug-likeness (QED) is 0.757. The number of hydrogen-bond acceptors (Lipinski definition) is 3. The lowest BCUT2D eigenvalue weighted by Crippen LogP contribution is -2.53. The fourth-order valence-electron chi connectivity index (χ4n) is 2.18. The zero-order chi connectivity index (χ0) is 13.3. The van der Waals surface area contributed by atoms with E-state index in [0.29, 0.717) is 10.0 Å². The third-order valence-electron chi connectivity index (χ3n) is 2.74. The summed E-state index contributed by atoms with van der Waals surface area (Å²) in [5.41, 5.74) is -0.221. The highest BCUT2D eigenvalue weighted by Crippen LogP contribution is 2.31. The van der Waals surface area contributed by atoms with Crippen molar-refractivity contribution in [2.75, 3.05) is 23.3 Å². The van der Waals surface area contributed by atoms with E-state index in [1.165, 1.54) is 0 Å². The van der Waals surface area contributed by atoms with Gasteiger partial charge in [0.2, 0.25) is 0 Å². The van der Waals surface area contributed by atoms with Gasteiger partial charge in [0.25, 0.3) is 0 Å². The molecule has 1 aliphatic rings. The Hall–Kier alpha value is -0.0300. The number of nitrogens with zero attached hydrogens (tertiary/aromatic N) is 2. The summed E-state index contributed by atoms with van der Waals surface area (Å²) in [4.78, 5) is 6.47. The second-order valence-electron chi connectivity index (χ2n) is 4.99. The number of aromatic nitrogens is 1. The molecule has 3 nitrogen and oxygen atoms in total. The van der Waals surface area contributed by atoms with E-state index < -0.39 is 0 Å². The van der Waals surface area contributed by atoms with Gasteiger partial charge < -0.3 is 9.64 Å². The lowest BCUT2D eigenvalue weighted by Gasteiger charge is -2.43. The molecule has 1 aromatic rings. The molecule has 1 unspecified atom stereocenters. The van der Waals surface area contributed by atoms with E-state index in [4.69, 9.17) is 27.9 Å². The van der Waals surface area contributed by atoms with Gasteiger partial charge in [-0.3, -0.25) is 0 Å². The largest absolute Gasteiger partial charge is 0.368 e. The van der Waals surface area contributed by atoms with Crippen LogP contribution < -0.4 is 4.90 Å². The highest BCUT2D eigenvalue weighted by molar-refractivity contribution is 9.09. The predicted molar refractivity (Wildman–Crippen MR) is 79.2 cm³/mol. The normalized spacial score (nSPS) is 23.2. The van der Waals surface area contributed by atoms with E-state index in [0.717, 1.165) is 24.2 Å². The monoisotopic (exact) mass is 352 g/mol. The van der Waals surface area contributed by atoms with Crippen LogP contribution in [0.4, 0.5) is 5.82 Å². The topological polar surface area (TPSA) is 25.4 Å². The summed E-state index contributed by atoms with van der Waals surface area (Å²) in [5, 5.41) is 1.92. The van der Waals surface area contributed by atoms with Crippen LogP contribution in [0, 0.1) is 0 Å². The van der Waals surface area contributed by atoms with Crippen LogP contribution in [0.5, 0.6) is 0 Å². The van der Waals surface area contributed by atoms with Crippen LogP contribution in [-0.4, -0.2) is 35.1 Å². The molecule has 0 amide bonds. The van der Waals surface area contributed by atoms with Gasteiger partial charge in [0.1, 0.15) is 5.82 Å². The molecule has 0 radical (unpaired) electrons. The van der Waals surface area contributed by atoms with Crippen molar-refractivity contribution >= 4 is 44.9 Å². The molecule has 1 fully saturated rings. The van der Waals surface area contributed by atoms with Gasteiger partial charge in [-0.05, 0) is 19.9 Å². The van der Waals surface area contributed by atoms with Crippen molar-refractivity contribution in [3.63, 3.8) is 0 Å². The Bertz CT molecular complexity index is 442. The van der Waals surface area contributed by atoms with Crippen molar-refractivity contribution in [1.82, 2.24) is 4.98 Å². The van der Waals surface area contributed by atoms with E-state index in [1.54, 1.807) is 12.3 Å². The minimum atomic E-state index is -0.221. The van der Waals surface area contributed by atoms with Gasteiger partial charge in [-0.15, -0.1) is 0 Å². The van der Waals surface area contributed by atoms with Crippen molar-refractivity contribution in [1.29, 1.82) is 0 Å². The fraction of sp³-hybridized carbons (Fsp3) is 0.583. The lowest BCUT2D eigenvalue weighted by atomic mass is 10.1. The molecule has 1 saturated heterocycles. The number of pyridine rings is 1. The summed E-state index contributed by atoms with van der Waals surface area (Å²) < 4.78 is 5.95. The van der Waals surface area contributed by atoms with Crippen LogP contribution in [0.3, 0.4) is 0 Å². The van der Waals surface area contributed by atoms with E-state index in [9.17, 15) is 0 Å². The number of ether oxygens (including phenoxy) is 1. The van der Waals surface area contributed by atoms with E-state index >= 15 is 0 Å². The third-order valence-corrected chi connectivity index (χ3v) is 3.95. The number of hydrogen-bond donors (Lipinski definition) is 0. The number of rotatable bonds is 2. The zero-order valence-corrected chi connectivity index (χ0v) is 13.4. The fourth-order valence-corrected chi connectivity index (χ4v) is 3.01. The molecule has 0 aliphatic carbocycles. The molecule has 2 heterocycles. The maximum absolute atomic E-state index is 6.21. The van der Waals surface area contributed by atoms with Crippen LogP contribution in [0.15, 0.2) is 12.3 Å². The molecule has 100 valence electrons. The number of morpholine rings is 1. The number of alkyl halides is 1. The maximum Gasteiger partial charge on any atom is 0.147 e. The molecule has 2 rings (SSSR count). The summed E-state index contributed by atoms with van der Waals surface area (Å²) in [6.07, 6.45) is 1.75. The van der Waals surface area contributed by atoms with E-state index in [1.807, 2.05) is 0 Å². The Kier molecular flexibility index (Phi) is 4.42. The van der Waals surface area contributed by atoms with Crippen molar-refractivity contribution in [2.24, 2.45) is 0 Å². The summed E-state index contributed by atoms with van der Waals surface area (Å²) in [6, 6.07) is 1.72. The van der Waals surface area contributed by atoms with E-state index in [-0.39, 0.29) is 11.7 Å². The van der Waals surface area contributed by atoms with Crippen LogP contribution in [0.2, 0.25) is 10.0 Å². The SMILES string of the molecule is CC1(C)CN(c2ncc(Cl)cc2Cl)CC(CBr)O1. The maximum atomic E-state index is 6.21. The van der Waals surface area contributed by atoms with Crippen LogP contribution in [0.1, 0.15) is 13.8 Å². The Morgan fingerprint density at radius 2 is 2.28 bits per heavy atom. The molecule has 18 heavy (non-hydrogen) atoms. The molecule has 0 aromatic carbocycles. The average Bonchev–Trinajstić information content (AvgIpc) is 2.26. The predicted octanol–water partition coefficient (Wildman–Crippen LogP) is 3.77. The second-order valence-corrected chi connectivity index (χ2v) is 6.48. The summed E-state index contributed by atoms with van der Waals surface area (Å²) in [5.74, 6) is 0.767. The van der Waals surface area contributed by atoms with Gasteiger partial charge in [0, 0.05) is 24.6 Å². The van der Waals surface area contributed by atoms with Gasteiger partial charge in [-0.2, -0.15) is 0 Å². The first-order valence-electron chi connectivity index (χ1n) is 5.71. The Balaban J connectivity index is 2.26. The molecule has 1 aliphatic heterocycles. The molecule has 0 bridgehead atoms. The first-order chi connectivity index (χ1) is 8.41. The highest BCUT2D eigenvalue weighted by atomic mass is 79.9. The van der Waals surface area contributed by atoms with E-state index in [2.05, 4.69) is 39.7 Å². The first-order valence-corrected chi connectivity index (χ1v) is 7.59. The second kappa shape index (κ2) is 5.53. The molecular weight excluding hydrogens is 339 g/mol. The lowest BCUT2D eigenvalue weighted by molar-refractivity contribution is -0.0725. The van der Waals surface area contributed by atoms with Gasteiger partial charge in [-0.25, -0.2) is 4.98 Å².